The zero-order valence-electron chi connectivity index (χ0n) is 4.26. The van der Waals surface area contributed by atoms with Gasteiger partial charge in [0.05, 0.1) is 6.67 Å². The lowest BCUT2D eigenvalue weighted by atomic mass is 11.0. The molecule has 6 N–H and O–H groups in total. The summed E-state index contributed by atoms with van der Waals surface area (Å²) in [7, 11) is 0. The van der Waals surface area contributed by atoms with Gasteiger partial charge in [0.1, 0.15) is 0 Å². The zero-order chi connectivity index (χ0) is 6.41. The van der Waals surface area contributed by atoms with Gasteiger partial charge in [0.25, 0.3) is 0 Å². The van der Waals surface area contributed by atoms with E-state index in [-0.39, 0.29) is 12.6 Å². The second kappa shape index (κ2) is 4.00. The highest BCUT2D eigenvalue weighted by molar-refractivity contribution is 5.77. The summed E-state index contributed by atoms with van der Waals surface area (Å²) in [6, 6.07) is 0. The van der Waals surface area contributed by atoms with Crippen LogP contribution < -0.4 is 16.9 Å². The summed E-state index contributed by atoms with van der Waals surface area (Å²) in [6.07, 6.45) is 0. The standard InChI is InChI=1S/C2H8N6/c3-1-6-2(4)7-8-5/h1,3H2,(H4,4,5,6,7). The van der Waals surface area contributed by atoms with Crippen LogP contribution in [0.5, 0.6) is 0 Å². The van der Waals surface area contributed by atoms with Crippen LogP contribution in [0.25, 0.3) is 0 Å². The molecule has 0 rings (SSSR count). The van der Waals surface area contributed by atoms with Crippen LogP contribution in [0, 0.1) is 5.53 Å². The molecule has 0 spiro atoms. The molecule has 6 nitrogen and oxygen atoms in total. The van der Waals surface area contributed by atoms with Gasteiger partial charge in [-0.05, 0) is 0 Å². The van der Waals surface area contributed by atoms with E-state index < -0.39 is 0 Å². The SMILES string of the molecule is N=NN/C(N)=N/CN. The lowest BCUT2D eigenvalue weighted by Crippen LogP contribution is -2.27. The smallest absolute Gasteiger partial charge is 0.212 e. The minimum Gasteiger partial charge on any atom is -0.368 e. The van der Waals surface area contributed by atoms with Gasteiger partial charge in [0, 0.05) is 0 Å². The van der Waals surface area contributed by atoms with Gasteiger partial charge in [-0.1, -0.05) is 5.22 Å². The van der Waals surface area contributed by atoms with E-state index in [0.717, 1.165) is 0 Å². The molecular weight excluding hydrogens is 108 g/mol. The van der Waals surface area contributed by atoms with Crippen LogP contribution in [0.3, 0.4) is 0 Å². The van der Waals surface area contributed by atoms with Crippen molar-refractivity contribution in [1.29, 1.82) is 5.53 Å². The molecule has 0 aromatic heterocycles. The molecule has 46 valence electrons. The first-order valence-corrected chi connectivity index (χ1v) is 1.93. The Bertz CT molecular complexity index is 94.7. The van der Waals surface area contributed by atoms with Gasteiger partial charge in [-0.3, -0.25) is 0 Å². The molecule has 0 aliphatic carbocycles. The fourth-order valence-electron chi connectivity index (χ4n) is 0.191. The predicted molar refractivity (Wildman–Crippen MR) is 29.0 cm³/mol. The maximum atomic E-state index is 6.22. The first-order chi connectivity index (χ1) is 3.81. The van der Waals surface area contributed by atoms with E-state index >= 15 is 0 Å². The van der Waals surface area contributed by atoms with Gasteiger partial charge in [-0.15, -0.1) is 0 Å². The summed E-state index contributed by atoms with van der Waals surface area (Å²) >= 11 is 0. The molecule has 0 saturated carbocycles. The van der Waals surface area contributed by atoms with Crippen molar-refractivity contribution in [2.45, 2.75) is 0 Å². The second-order valence-corrected chi connectivity index (χ2v) is 0.950. The third-order valence-corrected chi connectivity index (χ3v) is 0.432. The van der Waals surface area contributed by atoms with Crippen LogP contribution in [-0.2, 0) is 0 Å². The fraction of sp³-hybridized carbons (Fsp3) is 0.500. The van der Waals surface area contributed by atoms with Crippen LogP contribution in [0.1, 0.15) is 0 Å². The van der Waals surface area contributed by atoms with Gasteiger partial charge in [-0.25, -0.2) is 10.4 Å². The first kappa shape index (κ1) is 6.83. The third-order valence-electron chi connectivity index (χ3n) is 0.432. The van der Waals surface area contributed by atoms with E-state index in [4.69, 9.17) is 17.0 Å². The van der Waals surface area contributed by atoms with Crippen LogP contribution in [0.15, 0.2) is 10.2 Å². The van der Waals surface area contributed by atoms with E-state index in [1.807, 2.05) is 0 Å². The van der Waals surface area contributed by atoms with Crippen molar-refractivity contribution in [2.75, 3.05) is 6.67 Å². The normalized spacial score (nSPS) is 10.9. The lowest BCUT2D eigenvalue weighted by molar-refractivity contribution is 0.847. The zero-order valence-corrected chi connectivity index (χ0v) is 4.26. The molecule has 0 aromatic rings. The molecule has 0 amide bonds. The Balaban J connectivity index is 3.44. The summed E-state index contributed by atoms with van der Waals surface area (Å²) in [5.41, 5.74) is 18.3. The van der Waals surface area contributed by atoms with E-state index in [2.05, 4.69) is 15.6 Å². The Morgan fingerprint density at radius 2 is 2.38 bits per heavy atom. The number of rotatable bonds is 2. The maximum absolute atomic E-state index is 6.22. The highest BCUT2D eigenvalue weighted by Crippen LogP contribution is 1.58. The van der Waals surface area contributed by atoms with Crippen LogP contribution >= 0.6 is 0 Å². The summed E-state index contributed by atoms with van der Waals surface area (Å²) in [4.78, 5) is 3.46. The van der Waals surface area contributed by atoms with Crippen LogP contribution in [-0.4, -0.2) is 12.6 Å². The van der Waals surface area contributed by atoms with Crippen LogP contribution in [0.2, 0.25) is 0 Å². The van der Waals surface area contributed by atoms with Crippen molar-refractivity contribution in [1.82, 2.24) is 5.43 Å². The number of guanidine groups is 1. The van der Waals surface area contributed by atoms with Crippen molar-refractivity contribution >= 4 is 5.96 Å². The van der Waals surface area contributed by atoms with Gasteiger partial charge >= 0.3 is 0 Å². The molecule has 6 heteroatoms. The number of aliphatic imine (C=N–C) groups is 1. The summed E-state index contributed by atoms with van der Waals surface area (Å²) in [6.45, 7) is 0.106. The minimum absolute atomic E-state index is 0.0579. The molecule has 0 heterocycles. The Morgan fingerprint density at radius 1 is 1.75 bits per heavy atom. The highest BCUT2D eigenvalue weighted by Gasteiger charge is 1.80. The average molecular weight is 116 g/mol. The lowest BCUT2D eigenvalue weighted by Gasteiger charge is -1.92. The molecule has 0 fully saturated rings. The Labute approximate surface area is 46.4 Å². The second-order valence-electron chi connectivity index (χ2n) is 0.950. The summed E-state index contributed by atoms with van der Waals surface area (Å²) < 4.78 is 0. The first-order valence-electron chi connectivity index (χ1n) is 1.93. The van der Waals surface area contributed by atoms with Crippen molar-refractivity contribution < 1.29 is 0 Å². The fourth-order valence-corrected chi connectivity index (χ4v) is 0.191. The number of nitrogens with one attached hydrogen (secondary N) is 2. The van der Waals surface area contributed by atoms with Crippen molar-refractivity contribution in [3.63, 3.8) is 0 Å². The topological polar surface area (TPSA) is 113 Å². The highest BCUT2D eigenvalue weighted by atomic mass is 15.4. The maximum Gasteiger partial charge on any atom is 0.212 e. The largest absolute Gasteiger partial charge is 0.368 e. The molecule has 0 aromatic carbocycles. The van der Waals surface area contributed by atoms with E-state index in [0.29, 0.717) is 0 Å². The number of hydrogen-bond acceptors (Lipinski definition) is 4. The van der Waals surface area contributed by atoms with Gasteiger partial charge in [0.2, 0.25) is 5.96 Å². The van der Waals surface area contributed by atoms with Crippen molar-refractivity contribution in [2.24, 2.45) is 21.7 Å². The van der Waals surface area contributed by atoms with Crippen molar-refractivity contribution in [3.8, 4) is 0 Å². The average Bonchev–Trinajstić information content (AvgIpc) is 1.68. The molecule has 0 bridgehead atoms. The minimum atomic E-state index is 0.0579. The molecular formula is C2H8N6. The Morgan fingerprint density at radius 3 is 2.75 bits per heavy atom. The van der Waals surface area contributed by atoms with E-state index in [9.17, 15) is 0 Å². The number of hydrogen-bond donors (Lipinski definition) is 4. The summed E-state index contributed by atoms with van der Waals surface area (Å²) in [5.74, 6) is 0.0579. The number of nitrogens with zero attached hydrogens (tertiary/aromatic N) is 2. The summed E-state index contributed by atoms with van der Waals surface area (Å²) in [5, 5.41) is 2.74. The quantitative estimate of drug-likeness (QED) is 0.156. The molecule has 0 saturated heterocycles. The van der Waals surface area contributed by atoms with Gasteiger partial charge in [0.15, 0.2) is 0 Å². The number of nitrogens with two attached hydrogens (primary N) is 2. The Hall–Kier alpha value is -1.17. The predicted octanol–water partition coefficient (Wildman–Crippen LogP) is -1.25. The van der Waals surface area contributed by atoms with Crippen molar-refractivity contribution in [3.05, 3.63) is 0 Å². The van der Waals surface area contributed by atoms with E-state index in [1.54, 1.807) is 0 Å². The molecule has 0 atom stereocenters. The monoisotopic (exact) mass is 116 g/mol. The van der Waals surface area contributed by atoms with Gasteiger partial charge < -0.3 is 11.5 Å². The van der Waals surface area contributed by atoms with Crippen LogP contribution in [0.4, 0.5) is 0 Å². The molecule has 0 aliphatic rings. The van der Waals surface area contributed by atoms with Gasteiger partial charge in [-0.2, -0.15) is 5.53 Å². The Kier molecular flexibility index (Phi) is 3.42. The molecule has 0 unspecified atom stereocenters. The molecule has 0 radical (unpaired) electrons. The molecule has 0 aliphatic heterocycles. The third kappa shape index (κ3) is 3.04. The van der Waals surface area contributed by atoms with E-state index in [1.165, 1.54) is 0 Å². The molecule has 8 heavy (non-hydrogen) atoms.